The Hall–Kier alpha value is -2.98. The molecule has 0 radical (unpaired) electrons. The molecular weight excluding hydrogens is 407 g/mol. The van der Waals surface area contributed by atoms with Crippen LogP contribution in [0.25, 0.3) is 0 Å². The fourth-order valence-electron chi connectivity index (χ4n) is 2.93. The van der Waals surface area contributed by atoms with Gasteiger partial charge < -0.3 is 26.4 Å². The topological polar surface area (TPSA) is 148 Å². The molecule has 0 bridgehead atoms. The first-order chi connectivity index (χ1) is 14.0. The number of hydrogen-bond donors (Lipinski definition) is 4. The lowest BCUT2D eigenvalue weighted by Crippen LogP contribution is -2.23. The van der Waals surface area contributed by atoms with E-state index in [0.717, 1.165) is 37.9 Å². The second-order valence-electron chi connectivity index (χ2n) is 6.80. The summed E-state index contributed by atoms with van der Waals surface area (Å²) in [5, 5.41) is 16.1. The van der Waals surface area contributed by atoms with Crippen LogP contribution in [0.3, 0.4) is 0 Å². The first-order valence-electron chi connectivity index (χ1n) is 9.31. The molecule has 11 heteroatoms. The number of nitrogens with two attached hydrogens (primary N) is 2. The fourth-order valence-corrected chi connectivity index (χ4v) is 2.93. The van der Waals surface area contributed by atoms with E-state index in [2.05, 4.69) is 17.1 Å². The van der Waals surface area contributed by atoms with Crippen LogP contribution in [-0.2, 0) is 22.4 Å². The summed E-state index contributed by atoms with van der Waals surface area (Å²) < 4.78 is 37.5. The number of carboxylic acids is 2. The quantitative estimate of drug-likeness (QED) is 0.279. The molecule has 0 aromatic heterocycles. The molecule has 0 fully saturated rings. The summed E-state index contributed by atoms with van der Waals surface area (Å²) >= 11 is 0. The Bertz CT molecular complexity index is 749. The number of carboxylic acid groups (broad SMARTS) is 2. The molecule has 0 saturated heterocycles. The largest absolute Gasteiger partial charge is 0.494 e. The van der Waals surface area contributed by atoms with Crippen LogP contribution in [0.15, 0.2) is 23.2 Å². The van der Waals surface area contributed by atoms with Gasteiger partial charge in [-0.3, -0.25) is 9.79 Å². The van der Waals surface area contributed by atoms with Gasteiger partial charge in [-0.15, -0.1) is 0 Å². The molecule has 1 atom stereocenters. The van der Waals surface area contributed by atoms with Crippen molar-refractivity contribution in [1.82, 2.24) is 0 Å². The minimum absolute atomic E-state index is 0.122. The maximum absolute atomic E-state index is 10.9. The number of carbonyl (C=O) groups is 2. The zero-order valence-corrected chi connectivity index (χ0v) is 16.3. The first kappa shape index (κ1) is 25.1. The monoisotopic (exact) mass is 433 g/mol. The zero-order valence-electron chi connectivity index (χ0n) is 16.3. The Balaban J connectivity index is 0.000000553. The van der Waals surface area contributed by atoms with Crippen LogP contribution in [0.2, 0.25) is 0 Å². The molecule has 0 aliphatic heterocycles. The molecule has 0 saturated carbocycles. The van der Waals surface area contributed by atoms with E-state index in [1.807, 2.05) is 6.07 Å². The van der Waals surface area contributed by atoms with Gasteiger partial charge in [0.1, 0.15) is 5.75 Å². The Morgan fingerprint density at radius 2 is 1.83 bits per heavy atom. The van der Waals surface area contributed by atoms with Gasteiger partial charge in [0, 0.05) is 13.0 Å². The van der Waals surface area contributed by atoms with E-state index in [-0.39, 0.29) is 18.3 Å². The van der Waals surface area contributed by atoms with Gasteiger partial charge in [0.15, 0.2) is 5.96 Å². The molecule has 1 aromatic carbocycles. The highest BCUT2D eigenvalue weighted by Gasteiger charge is 2.38. The van der Waals surface area contributed by atoms with Gasteiger partial charge >= 0.3 is 18.1 Å². The van der Waals surface area contributed by atoms with E-state index >= 15 is 0 Å². The highest BCUT2D eigenvalue weighted by molar-refractivity contribution is 5.75. The van der Waals surface area contributed by atoms with Crippen molar-refractivity contribution in [2.24, 2.45) is 22.4 Å². The van der Waals surface area contributed by atoms with Crippen LogP contribution in [0, 0.1) is 5.92 Å². The van der Waals surface area contributed by atoms with Gasteiger partial charge in [-0.1, -0.05) is 6.07 Å². The van der Waals surface area contributed by atoms with Crippen molar-refractivity contribution in [2.45, 2.75) is 44.7 Å². The predicted octanol–water partition coefficient (Wildman–Crippen LogP) is 2.33. The highest BCUT2D eigenvalue weighted by atomic mass is 19.4. The lowest BCUT2D eigenvalue weighted by Gasteiger charge is -2.24. The van der Waals surface area contributed by atoms with Crippen LogP contribution in [0.1, 0.15) is 36.8 Å². The average molecular weight is 433 g/mol. The van der Waals surface area contributed by atoms with Crippen LogP contribution in [-0.4, -0.2) is 47.4 Å². The third-order valence-corrected chi connectivity index (χ3v) is 4.33. The Morgan fingerprint density at radius 3 is 2.40 bits per heavy atom. The van der Waals surface area contributed by atoms with Gasteiger partial charge in [-0.2, -0.15) is 13.2 Å². The van der Waals surface area contributed by atoms with Gasteiger partial charge in [0.25, 0.3) is 0 Å². The van der Waals surface area contributed by atoms with E-state index < -0.39 is 18.1 Å². The van der Waals surface area contributed by atoms with Crippen LogP contribution in [0.4, 0.5) is 13.2 Å². The van der Waals surface area contributed by atoms with Crippen molar-refractivity contribution in [2.75, 3.05) is 13.2 Å². The Labute approximate surface area is 171 Å². The molecule has 30 heavy (non-hydrogen) atoms. The van der Waals surface area contributed by atoms with Gasteiger partial charge in [0.05, 0.1) is 6.61 Å². The highest BCUT2D eigenvalue weighted by Crippen LogP contribution is 2.30. The fraction of sp³-hybridized carbons (Fsp3) is 0.526. The predicted molar refractivity (Wildman–Crippen MR) is 103 cm³/mol. The Kier molecular flexibility index (Phi) is 9.93. The third-order valence-electron chi connectivity index (χ3n) is 4.33. The molecule has 8 nitrogen and oxygen atoms in total. The molecule has 0 amide bonds. The molecule has 6 N–H and O–H groups in total. The number of fused-ring (bicyclic) bond motifs is 1. The molecule has 0 heterocycles. The minimum atomic E-state index is -5.08. The summed E-state index contributed by atoms with van der Waals surface area (Å²) in [5.74, 6) is -2.27. The molecule has 0 spiro atoms. The summed E-state index contributed by atoms with van der Waals surface area (Å²) in [5.41, 5.74) is 13.1. The number of unbranched alkanes of at least 4 members (excludes halogenated alkanes) is 1. The van der Waals surface area contributed by atoms with Crippen molar-refractivity contribution in [3.05, 3.63) is 29.3 Å². The van der Waals surface area contributed by atoms with Gasteiger partial charge in [0.2, 0.25) is 0 Å². The van der Waals surface area contributed by atoms with E-state index in [9.17, 15) is 18.0 Å². The number of aliphatic carboxylic acids is 2. The first-order valence-corrected chi connectivity index (χ1v) is 9.31. The van der Waals surface area contributed by atoms with E-state index in [1.165, 1.54) is 11.1 Å². The Morgan fingerprint density at radius 1 is 1.17 bits per heavy atom. The maximum Gasteiger partial charge on any atom is 0.490 e. The van der Waals surface area contributed by atoms with Crippen molar-refractivity contribution in [1.29, 1.82) is 0 Å². The molecule has 1 aliphatic carbocycles. The average Bonchev–Trinajstić information content (AvgIpc) is 2.63. The number of benzene rings is 1. The summed E-state index contributed by atoms with van der Waals surface area (Å²) in [6.45, 7) is 1.24. The van der Waals surface area contributed by atoms with Crippen LogP contribution in [0.5, 0.6) is 5.75 Å². The smallest absolute Gasteiger partial charge is 0.490 e. The van der Waals surface area contributed by atoms with Crippen LogP contribution < -0.4 is 16.2 Å². The lowest BCUT2D eigenvalue weighted by atomic mass is 9.82. The van der Waals surface area contributed by atoms with Crippen molar-refractivity contribution in [3.63, 3.8) is 0 Å². The molecule has 1 aromatic rings. The van der Waals surface area contributed by atoms with Crippen molar-refractivity contribution >= 4 is 17.9 Å². The maximum atomic E-state index is 10.9. The van der Waals surface area contributed by atoms with Gasteiger partial charge in [-0.25, -0.2) is 4.79 Å². The van der Waals surface area contributed by atoms with Crippen molar-refractivity contribution < 1.29 is 37.7 Å². The third kappa shape index (κ3) is 9.99. The number of hydrogen-bond acceptors (Lipinski definition) is 4. The second-order valence-corrected chi connectivity index (χ2v) is 6.80. The number of aliphatic imine (C=N–C) groups is 1. The second kappa shape index (κ2) is 11.9. The number of rotatable bonds is 8. The molecule has 1 aliphatic rings. The standard InChI is InChI=1S/C17H25N3O3.C2HF3O2/c18-17(19)20-7-1-2-8-23-15-6-5-13-4-3-12(10-16(21)22)9-14(13)11-15;3-2(4,5)1(6)7/h5-6,11-12H,1-4,7-10H2,(H,21,22)(H4,18,19,20);(H,6,7). The number of aryl methyl sites for hydroxylation is 1. The molecule has 168 valence electrons. The normalized spacial score (nSPS) is 15.2. The SMILES string of the molecule is NC(N)=NCCCCOc1ccc2c(c1)CC(CC(=O)O)CC2.O=C(O)C(F)(F)F. The van der Waals surface area contributed by atoms with E-state index in [1.54, 1.807) is 0 Å². The number of nitrogens with zero attached hydrogens (tertiary/aromatic N) is 1. The summed E-state index contributed by atoms with van der Waals surface area (Å²) in [6.07, 6.45) is -0.353. The summed E-state index contributed by atoms with van der Waals surface area (Å²) in [4.78, 5) is 23.7. The number of ether oxygens (including phenoxy) is 1. The van der Waals surface area contributed by atoms with E-state index in [0.29, 0.717) is 13.2 Å². The number of guanidine groups is 1. The van der Waals surface area contributed by atoms with Gasteiger partial charge in [-0.05, 0) is 61.3 Å². The number of alkyl halides is 3. The number of halogens is 3. The van der Waals surface area contributed by atoms with E-state index in [4.69, 9.17) is 31.2 Å². The lowest BCUT2D eigenvalue weighted by molar-refractivity contribution is -0.192. The van der Waals surface area contributed by atoms with Crippen molar-refractivity contribution in [3.8, 4) is 5.75 Å². The molecule has 1 unspecified atom stereocenters. The minimum Gasteiger partial charge on any atom is -0.494 e. The van der Waals surface area contributed by atoms with Crippen LogP contribution >= 0.6 is 0 Å². The molecule has 2 rings (SSSR count). The molecular formula is C19H26F3N3O5. The zero-order chi connectivity index (χ0) is 22.7. The summed E-state index contributed by atoms with van der Waals surface area (Å²) in [7, 11) is 0. The summed E-state index contributed by atoms with van der Waals surface area (Å²) in [6, 6.07) is 6.15.